The van der Waals surface area contributed by atoms with E-state index in [-0.39, 0.29) is 22.1 Å². The van der Waals surface area contributed by atoms with Crippen LogP contribution in [0.15, 0.2) is 59.9 Å². The van der Waals surface area contributed by atoms with Crippen LogP contribution in [0.5, 0.6) is 0 Å². The maximum absolute atomic E-state index is 12.8. The Labute approximate surface area is 139 Å². The summed E-state index contributed by atoms with van der Waals surface area (Å²) in [6.07, 6.45) is 3.44. The molecule has 0 aliphatic rings. The topological polar surface area (TPSA) is 76.4 Å². The minimum absolute atomic E-state index is 0.133. The van der Waals surface area contributed by atoms with Crippen molar-refractivity contribution in [2.75, 3.05) is 6.54 Å². The molecule has 2 rings (SSSR count). The molecule has 0 saturated heterocycles. The number of carbonyl (C=O) groups is 1. The number of nitro groups is 1. The summed E-state index contributed by atoms with van der Waals surface area (Å²) in [5.74, 6) is -0.327. The van der Waals surface area contributed by atoms with Crippen LogP contribution in [0.2, 0.25) is 0 Å². The van der Waals surface area contributed by atoms with Gasteiger partial charge in [0.25, 0.3) is 5.69 Å². The van der Waals surface area contributed by atoms with E-state index in [0.29, 0.717) is 6.54 Å². The lowest BCUT2D eigenvalue weighted by Gasteiger charge is -2.18. The van der Waals surface area contributed by atoms with Gasteiger partial charge in [-0.2, -0.15) is 4.57 Å². The first kappa shape index (κ1) is 16.7. The zero-order valence-electron chi connectivity index (χ0n) is 12.5. The van der Waals surface area contributed by atoms with Crippen LogP contribution >= 0.6 is 0 Å². The molecule has 1 heterocycles. The number of carbonyl (C=O) groups excluding carboxylic acids is 1. The van der Waals surface area contributed by atoms with Gasteiger partial charge in [0.05, 0.1) is 4.92 Å². The lowest BCUT2D eigenvalue weighted by Crippen LogP contribution is -2.47. The Bertz CT molecular complexity index is 747. The number of ketones is 1. The summed E-state index contributed by atoms with van der Waals surface area (Å²) in [6, 6.07) is 10.2. The van der Waals surface area contributed by atoms with Crippen LogP contribution in [0.25, 0.3) is 0 Å². The van der Waals surface area contributed by atoms with Crippen LogP contribution < -0.4 is 4.57 Å². The molecule has 0 bridgehead atoms. The number of nitro benzene ring substituents is 1. The number of aliphatic imine (C=N–C) groups is 1. The maximum Gasteiger partial charge on any atom is 0.270 e. The van der Waals surface area contributed by atoms with Crippen molar-refractivity contribution in [1.29, 1.82) is 0 Å². The van der Waals surface area contributed by atoms with Crippen molar-refractivity contribution in [2.24, 2.45) is 4.99 Å². The smallest absolute Gasteiger partial charge is 0.270 e. The van der Waals surface area contributed by atoms with Gasteiger partial charge in [0.2, 0.25) is 11.8 Å². The van der Waals surface area contributed by atoms with Gasteiger partial charge in [-0.3, -0.25) is 14.9 Å². The second kappa shape index (κ2) is 7.55. The molecule has 1 unspecified atom stereocenters. The van der Waals surface area contributed by atoms with Crippen molar-refractivity contribution in [3.8, 4) is 0 Å². The number of pyridine rings is 1. The highest BCUT2D eigenvalue weighted by Crippen LogP contribution is 2.17. The fourth-order valence-corrected chi connectivity index (χ4v) is 2.49. The zero-order chi connectivity index (χ0) is 16.8. The highest BCUT2D eigenvalue weighted by atomic mass is 32.1. The lowest BCUT2D eigenvalue weighted by molar-refractivity contribution is -0.691. The molecule has 1 atom stereocenters. The first-order valence-electron chi connectivity index (χ1n) is 7.00. The van der Waals surface area contributed by atoms with Gasteiger partial charge in [0, 0.05) is 36.4 Å². The second-order valence-electron chi connectivity index (χ2n) is 4.71. The molecular formula is C16H15N3O3S. The minimum Gasteiger partial charge on any atom is -0.758 e. The van der Waals surface area contributed by atoms with E-state index in [1.807, 2.05) is 13.0 Å². The van der Waals surface area contributed by atoms with Gasteiger partial charge in [0.15, 0.2) is 12.4 Å². The van der Waals surface area contributed by atoms with Crippen molar-refractivity contribution in [3.05, 3.63) is 70.5 Å². The van der Waals surface area contributed by atoms with Crippen molar-refractivity contribution >= 4 is 29.1 Å². The number of hydrogen-bond acceptors (Lipinski definition) is 5. The molecule has 1 aromatic heterocycles. The van der Waals surface area contributed by atoms with Gasteiger partial charge in [-0.1, -0.05) is 18.2 Å². The molecule has 23 heavy (non-hydrogen) atoms. The summed E-state index contributed by atoms with van der Waals surface area (Å²) in [5.41, 5.74) is 0.0974. The van der Waals surface area contributed by atoms with Crippen LogP contribution in [0.3, 0.4) is 0 Å². The molecule has 0 saturated carbocycles. The number of nitrogens with zero attached hydrogens (tertiary/aromatic N) is 3. The zero-order valence-corrected chi connectivity index (χ0v) is 13.3. The Morgan fingerprint density at radius 1 is 1.30 bits per heavy atom. The summed E-state index contributed by atoms with van der Waals surface area (Å²) in [5, 5.41) is 11.1. The van der Waals surface area contributed by atoms with Crippen LogP contribution in [0.1, 0.15) is 23.3 Å². The van der Waals surface area contributed by atoms with Crippen LogP contribution in [-0.2, 0) is 12.6 Å². The summed E-state index contributed by atoms with van der Waals surface area (Å²) in [4.78, 5) is 27.4. The van der Waals surface area contributed by atoms with E-state index in [4.69, 9.17) is 12.6 Å². The first-order valence-corrected chi connectivity index (χ1v) is 7.41. The Morgan fingerprint density at radius 2 is 2.00 bits per heavy atom. The van der Waals surface area contributed by atoms with Gasteiger partial charge in [0.1, 0.15) is 0 Å². The quantitative estimate of drug-likeness (QED) is 0.155. The summed E-state index contributed by atoms with van der Waals surface area (Å²) in [6.45, 7) is 2.29. The summed E-state index contributed by atoms with van der Waals surface area (Å²) in [7, 11) is 0. The number of non-ortho nitro benzene ring substituents is 1. The molecule has 0 fully saturated rings. The third-order valence-corrected chi connectivity index (χ3v) is 3.53. The molecule has 1 aromatic carbocycles. The van der Waals surface area contributed by atoms with E-state index in [1.165, 1.54) is 18.2 Å². The van der Waals surface area contributed by atoms with Gasteiger partial charge < -0.3 is 17.6 Å². The average Bonchev–Trinajstić information content (AvgIpc) is 2.56. The molecule has 0 amide bonds. The van der Waals surface area contributed by atoms with Crippen molar-refractivity contribution in [3.63, 3.8) is 0 Å². The normalized spacial score (nSPS) is 12.7. The van der Waals surface area contributed by atoms with E-state index in [2.05, 4.69) is 4.99 Å². The number of benzene rings is 1. The lowest BCUT2D eigenvalue weighted by atomic mass is 10.0. The van der Waals surface area contributed by atoms with Crippen LogP contribution in [-0.4, -0.2) is 22.3 Å². The average molecular weight is 329 g/mol. The fraction of sp³-hybridized carbons (Fsp3) is 0.188. The van der Waals surface area contributed by atoms with E-state index in [0.717, 1.165) is 0 Å². The molecule has 2 aromatic rings. The van der Waals surface area contributed by atoms with Crippen molar-refractivity contribution < 1.29 is 14.3 Å². The number of Topliss-reactive ketones (excluding diaryl/α,β-unsaturated/α-hetero) is 1. The van der Waals surface area contributed by atoms with Gasteiger partial charge in [-0.05, 0) is 12.0 Å². The standard InChI is InChI=1S/C16H15N3O3S/c1-2-17-16(23)14(18-9-4-3-5-10-18)15(20)12-7-6-8-13(11-12)19(21)22/h3-11,14H,2H2,1H3. The number of aromatic nitrogens is 1. The third kappa shape index (κ3) is 3.95. The molecule has 118 valence electrons. The molecule has 0 aliphatic heterocycles. The van der Waals surface area contributed by atoms with Gasteiger partial charge in [-0.15, -0.1) is 0 Å². The minimum atomic E-state index is -0.798. The Hall–Kier alpha value is -2.67. The Balaban J connectivity index is 2.47. The highest BCUT2D eigenvalue weighted by molar-refractivity contribution is 7.77. The largest absolute Gasteiger partial charge is 0.758 e. The van der Waals surface area contributed by atoms with E-state index in [9.17, 15) is 14.9 Å². The Kier molecular flexibility index (Phi) is 5.48. The van der Waals surface area contributed by atoms with E-state index < -0.39 is 11.0 Å². The molecular weight excluding hydrogens is 314 g/mol. The van der Waals surface area contributed by atoms with Crippen molar-refractivity contribution in [2.45, 2.75) is 13.0 Å². The van der Waals surface area contributed by atoms with Crippen molar-refractivity contribution in [1.82, 2.24) is 0 Å². The monoisotopic (exact) mass is 329 g/mol. The molecule has 0 N–H and O–H groups in total. The molecule has 0 radical (unpaired) electrons. The molecule has 7 heteroatoms. The first-order chi connectivity index (χ1) is 11.0. The third-order valence-electron chi connectivity index (χ3n) is 3.17. The predicted octanol–water partition coefficient (Wildman–Crippen LogP) is 2.27. The van der Waals surface area contributed by atoms with Crippen LogP contribution in [0.4, 0.5) is 5.69 Å². The molecule has 0 aliphatic carbocycles. The molecule has 6 nitrogen and oxygen atoms in total. The number of hydrogen-bond donors (Lipinski definition) is 0. The highest BCUT2D eigenvalue weighted by Gasteiger charge is 2.28. The van der Waals surface area contributed by atoms with Crippen LogP contribution in [0, 0.1) is 10.1 Å². The maximum atomic E-state index is 12.8. The van der Waals surface area contributed by atoms with Gasteiger partial charge >= 0.3 is 0 Å². The Morgan fingerprint density at radius 3 is 2.61 bits per heavy atom. The second-order valence-corrected chi connectivity index (χ2v) is 5.13. The predicted molar refractivity (Wildman–Crippen MR) is 88.4 cm³/mol. The summed E-state index contributed by atoms with van der Waals surface area (Å²) < 4.78 is 1.66. The van der Waals surface area contributed by atoms with E-state index >= 15 is 0 Å². The SMILES string of the molecule is CCN=C([S-])C(C(=O)c1cccc([N+](=O)[O-])c1)[n+]1ccccc1. The fourth-order valence-electron chi connectivity index (χ4n) is 2.13. The van der Waals surface area contributed by atoms with E-state index in [1.54, 1.807) is 35.2 Å². The van der Waals surface area contributed by atoms with Gasteiger partial charge in [-0.25, -0.2) is 0 Å². The summed E-state index contributed by atoms with van der Waals surface area (Å²) >= 11 is 5.28. The number of rotatable bonds is 6. The molecule has 0 spiro atoms.